The third-order valence-corrected chi connectivity index (χ3v) is 6.11. The third kappa shape index (κ3) is 6.48. The Morgan fingerprint density at radius 1 is 1.06 bits per heavy atom. The fourth-order valence-electron chi connectivity index (χ4n) is 4.18. The molecule has 182 valence electrons. The molecule has 0 fully saturated rings. The van der Waals surface area contributed by atoms with E-state index < -0.39 is 0 Å². The van der Waals surface area contributed by atoms with Crippen molar-refractivity contribution < 1.29 is 14.3 Å². The van der Waals surface area contributed by atoms with Gasteiger partial charge in [0.25, 0.3) is 12.0 Å². The van der Waals surface area contributed by atoms with Crippen LogP contribution in [0.25, 0.3) is 0 Å². The lowest BCUT2D eigenvalue weighted by Gasteiger charge is -2.27. The van der Waals surface area contributed by atoms with E-state index in [1.54, 1.807) is 6.07 Å². The minimum atomic E-state index is -0.344. The number of nitrogens with one attached hydrogen (secondary N) is 1. The van der Waals surface area contributed by atoms with Crippen molar-refractivity contribution in [2.45, 2.75) is 32.6 Å². The topological polar surface area (TPSA) is 79.5 Å². The van der Waals surface area contributed by atoms with Gasteiger partial charge in [-0.3, -0.25) is 19.2 Å². The number of carbonyl (C=O) groups is 1. The van der Waals surface area contributed by atoms with E-state index in [2.05, 4.69) is 14.9 Å². The van der Waals surface area contributed by atoms with Gasteiger partial charge in [-0.05, 0) is 48.5 Å². The first-order chi connectivity index (χ1) is 16.4. The number of rotatable bonds is 7. The first-order valence-corrected chi connectivity index (χ1v) is 11.6. The molecule has 1 aliphatic heterocycles. The smallest absolute Gasteiger partial charge is 0.290 e. The molecule has 2 heterocycles. The van der Waals surface area contributed by atoms with Gasteiger partial charge >= 0.3 is 0 Å². The second-order valence-electron chi connectivity index (χ2n) is 7.98. The molecule has 0 saturated carbocycles. The number of fused-ring (bicyclic) bond motifs is 1. The molecule has 0 saturated heterocycles. The Bertz CT molecular complexity index is 1160. The van der Waals surface area contributed by atoms with Gasteiger partial charge in [0.05, 0.1) is 18.7 Å². The predicted octanol–water partition coefficient (Wildman–Crippen LogP) is 3.62. The monoisotopic (exact) mass is 508 g/mol. The van der Waals surface area contributed by atoms with Crippen LogP contribution < -0.4 is 10.9 Å². The number of hydrogen-bond acceptors (Lipinski definition) is 4. The van der Waals surface area contributed by atoms with Gasteiger partial charge in [-0.15, -0.1) is 0 Å². The van der Waals surface area contributed by atoms with Crippen molar-refractivity contribution in [2.24, 2.45) is 0 Å². The van der Waals surface area contributed by atoms with E-state index in [1.807, 2.05) is 36.0 Å². The standard InChI is InChI=1S/C23H25Cl2FN4O.CH2O2/c1-27-7-9-29-22-6-8-28(13-17-10-19(25)12-20(26)11-17)15-21(22)23(31)30(29)14-16-2-4-18(24)5-3-16;2-1-3/h2-5,10-12,27H,6-9,13-15H2,1H3;1H,(H,2,3). The molecule has 0 spiro atoms. The number of hydrogen-bond donors (Lipinski definition) is 2. The van der Waals surface area contributed by atoms with Crippen molar-refractivity contribution >= 4 is 29.7 Å². The van der Waals surface area contributed by atoms with Gasteiger partial charge in [-0.2, -0.15) is 0 Å². The largest absolute Gasteiger partial charge is 0.483 e. The molecule has 2 N–H and O–H groups in total. The van der Waals surface area contributed by atoms with Crippen molar-refractivity contribution in [2.75, 3.05) is 20.1 Å². The normalized spacial score (nSPS) is 13.2. The molecule has 4 rings (SSSR count). The summed E-state index contributed by atoms with van der Waals surface area (Å²) in [5, 5.41) is 11.1. The van der Waals surface area contributed by atoms with Gasteiger partial charge in [0.2, 0.25) is 0 Å². The lowest BCUT2D eigenvalue weighted by molar-refractivity contribution is -0.122. The number of carboxylic acid groups (broad SMARTS) is 1. The zero-order valence-corrected chi connectivity index (χ0v) is 20.3. The van der Waals surface area contributed by atoms with Crippen molar-refractivity contribution in [3.05, 3.63) is 91.1 Å². The van der Waals surface area contributed by atoms with Gasteiger partial charge in [-0.1, -0.05) is 35.3 Å². The molecule has 2 aromatic carbocycles. The zero-order valence-electron chi connectivity index (χ0n) is 18.8. The van der Waals surface area contributed by atoms with Crippen LogP contribution in [0.5, 0.6) is 0 Å². The molecule has 1 aromatic heterocycles. The number of nitrogens with zero attached hydrogens (tertiary/aromatic N) is 3. The third-order valence-electron chi connectivity index (χ3n) is 5.64. The summed E-state index contributed by atoms with van der Waals surface area (Å²) in [7, 11) is 1.91. The Labute approximate surface area is 207 Å². The number of likely N-dealkylation sites (N-methyl/N-ethyl adjacent to an activating group) is 1. The highest BCUT2D eigenvalue weighted by Gasteiger charge is 2.26. The van der Waals surface area contributed by atoms with E-state index in [1.165, 1.54) is 12.1 Å². The Balaban J connectivity index is 0.00000103. The number of halogens is 3. The predicted molar refractivity (Wildman–Crippen MR) is 131 cm³/mol. The van der Waals surface area contributed by atoms with Crippen LogP contribution in [-0.2, 0) is 37.4 Å². The number of aromatic nitrogens is 2. The highest BCUT2D eigenvalue weighted by atomic mass is 35.5. The van der Waals surface area contributed by atoms with Gasteiger partial charge < -0.3 is 10.4 Å². The zero-order chi connectivity index (χ0) is 24.7. The second kappa shape index (κ2) is 12.2. The van der Waals surface area contributed by atoms with Crippen LogP contribution in [0.4, 0.5) is 4.39 Å². The Morgan fingerprint density at radius 3 is 2.41 bits per heavy atom. The maximum atomic E-state index is 13.7. The van der Waals surface area contributed by atoms with Crippen molar-refractivity contribution in [3.63, 3.8) is 0 Å². The Kier molecular flexibility index (Phi) is 9.29. The first-order valence-electron chi connectivity index (χ1n) is 10.8. The van der Waals surface area contributed by atoms with E-state index in [0.29, 0.717) is 36.2 Å². The van der Waals surface area contributed by atoms with E-state index in [-0.39, 0.29) is 17.8 Å². The first kappa shape index (κ1) is 26.0. The van der Waals surface area contributed by atoms with Crippen LogP contribution in [0.3, 0.4) is 0 Å². The maximum absolute atomic E-state index is 13.7. The highest BCUT2D eigenvalue weighted by molar-refractivity contribution is 6.30. The van der Waals surface area contributed by atoms with Crippen LogP contribution in [0.15, 0.2) is 47.3 Å². The SMILES string of the molecule is CNCCn1c2c(c(=O)n1Cc1ccc(Cl)cc1)CN(Cc1cc(F)cc(Cl)c1)CC2.O=CO. The summed E-state index contributed by atoms with van der Waals surface area (Å²) < 4.78 is 17.7. The van der Waals surface area contributed by atoms with Crippen LogP contribution in [-0.4, -0.2) is 46.0 Å². The highest BCUT2D eigenvalue weighted by Crippen LogP contribution is 2.22. The van der Waals surface area contributed by atoms with Crippen LogP contribution >= 0.6 is 23.2 Å². The van der Waals surface area contributed by atoms with Gasteiger partial charge in [-0.25, -0.2) is 9.07 Å². The summed E-state index contributed by atoms with van der Waals surface area (Å²) in [5.74, 6) is -0.344. The fraction of sp³-hybridized carbons (Fsp3) is 0.333. The minimum absolute atomic E-state index is 0.0306. The molecule has 1 aliphatic rings. The molecule has 0 bridgehead atoms. The van der Waals surface area contributed by atoms with Crippen molar-refractivity contribution in [3.8, 4) is 0 Å². The maximum Gasteiger partial charge on any atom is 0.290 e. The molecule has 0 aliphatic carbocycles. The van der Waals surface area contributed by atoms with Crippen molar-refractivity contribution in [1.29, 1.82) is 0 Å². The second-order valence-corrected chi connectivity index (χ2v) is 8.86. The summed E-state index contributed by atoms with van der Waals surface area (Å²) >= 11 is 12.0. The Morgan fingerprint density at radius 2 is 1.76 bits per heavy atom. The molecule has 34 heavy (non-hydrogen) atoms. The molecule has 0 unspecified atom stereocenters. The minimum Gasteiger partial charge on any atom is -0.483 e. The lowest BCUT2D eigenvalue weighted by atomic mass is 10.1. The van der Waals surface area contributed by atoms with Gasteiger partial charge in [0.15, 0.2) is 0 Å². The molecule has 0 radical (unpaired) electrons. The van der Waals surface area contributed by atoms with E-state index in [9.17, 15) is 9.18 Å². The van der Waals surface area contributed by atoms with E-state index in [0.717, 1.165) is 41.9 Å². The molecule has 0 atom stereocenters. The van der Waals surface area contributed by atoms with Crippen LogP contribution in [0.2, 0.25) is 10.0 Å². The fourth-order valence-corrected chi connectivity index (χ4v) is 4.55. The molecule has 3 aromatic rings. The number of benzene rings is 2. The lowest BCUT2D eigenvalue weighted by Crippen LogP contribution is -2.32. The van der Waals surface area contributed by atoms with E-state index >= 15 is 0 Å². The van der Waals surface area contributed by atoms with Crippen LogP contribution in [0.1, 0.15) is 22.4 Å². The molecular formula is C24H27Cl2FN4O3. The summed E-state index contributed by atoms with van der Waals surface area (Å²) in [6.45, 7) is 3.61. The summed E-state index contributed by atoms with van der Waals surface area (Å²) in [4.78, 5) is 23.9. The quantitative estimate of drug-likeness (QED) is 0.476. The summed E-state index contributed by atoms with van der Waals surface area (Å²) in [5.41, 5.74) is 3.77. The summed E-state index contributed by atoms with van der Waals surface area (Å²) in [6, 6.07) is 12.2. The summed E-state index contributed by atoms with van der Waals surface area (Å²) in [6.07, 6.45) is 0.769. The van der Waals surface area contributed by atoms with Crippen molar-refractivity contribution in [1.82, 2.24) is 19.6 Å². The van der Waals surface area contributed by atoms with Crippen LogP contribution in [0, 0.1) is 5.82 Å². The Hall–Kier alpha value is -2.65. The average molecular weight is 509 g/mol. The van der Waals surface area contributed by atoms with Gasteiger partial charge in [0, 0.05) is 48.3 Å². The molecule has 7 nitrogen and oxygen atoms in total. The molecule has 10 heteroatoms. The average Bonchev–Trinajstić information content (AvgIpc) is 3.04. The molecular weight excluding hydrogens is 482 g/mol. The van der Waals surface area contributed by atoms with Gasteiger partial charge in [0.1, 0.15) is 5.82 Å². The van der Waals surface area contributed by atoms with E-state index in [4.69, 9.17) is 33.1 Å². The molecule has 0 amide bonds.